The van der Waals surface area contributed by atoms with Crippen molar-refractivity contribution in [1.29, 1.82) is 0 Å². The second kappa shape index (κ2) is 9.79. The molecule has 1 saturated heterocycles. The highest BCUT2D eigenvalue weighted by Crippen LogP contribution is 2.20. The van der Waals surface area contributed by atoms with Crippen molar-refractivity contribution in [2.45, 2.75) is 33.1 Å². The first-order valence-corrected chi connectivity index (χ1v) is 9.73. The fourth-order valence-electron chi connectivity index (χ4n) is 3.38. The summed E-state index contributed by atoms with van der Waals surface area (Å²) in [4.78, 5) is 26.7. The molecule has 2 unspecified atom stereocenters. The molecular weight excluding hydrogens is 322 g/mol. The average Bonchev–Trinajstić information content (AvgIpc) is 3.05. The van der Waals surface area contributed by atoms with Crippen molar-refractivity contribution in [3.05, 3.63) is 22.4 Å². The lowest BCUT2D eigenvalue weighted by molar-refractivity contribution is -0.120. The SMILES string of the molecule is CC1CC(C)CN(CCCNC(=O)CCNC(=O)c2cccs2)C1. The van der Waals surface area contributed by atoms with E-state index in [-0.39, 0.29) is 11.8 Å². The van der Waals surface area contributed by atoms with E-state index in [0.29, 0.717) is 24.4 Å². The third-order valence-electron chi connectivity index (χ3n) is 4.30. The molecule has 1 aliphatic heterocycles. The Labute approximate surface area is 148 Å². The molecule has 1 aromatic heterocycles. The first-order valence-electron chi connectivity index (χ1n) is 8.85. The molecule has 0 radical (unpaired) electrons. The van der Waals surface area contributed by atoms with Crippen LogP contribution in [0.2, 0.25) is 0 Å². The van der Waals surface area contributed by atoms with E-state index < -0.39 is 0 Å². The van der Waals surface area contributed by atoms with Gasteiger partial charge >= 0.3 is 0 Å². The van der Waals surface area contributed by atoms with Crippen LogP contribution in [0.1, 0.15) is 42.8 Å². The summed E-state index contributed by atoms with van der Waals surface area (Å²) in [6.45, 7) is 9.11. The van der Waals surface area contributed by atoms with Crippen LogP contribution >= 0.6 is 11.3 Å². The zero-order valence-electron chi connectivity index (χ0n) is 14.7. The number of hydrogen-bond acceptors (Lipinski definition) is 4. The lowest BCUT2D eigenvalue weighted by Crippen LogP contribution is -2.40. The van der Waals surface area contributed by atoms with Crippen LogP contribution in [0.15, 0.2) is 17.5 Å². The molecule has 0 saturated carbocycles. The Balaban J connectivity index is 1.51. The van der Waals surface area contributed by atoms with Gasteiger partial charge in [0.2, 0.25) is 5.91 Å². The molecule has 0 spiro atoms. The molecule has 1 aromatic rings. The maximum Gasteiger partial charge on any atom is 0.261 e. The largest absolute Gasteiger partial charge is 0.356 e. The number of hydrogen-bond donors (Lipinski definition) is 2. The van der Waals surface area contributed by atoms with Crippen LogP contribution in [-0.4, -0.2) is 49.4 Å². The molecule has 0 bridgehead atoms. The van der Waals surface area contributed by atoms with Gasteiger partial charge in [-0.25, -0.2) is 0 Å². The Hall–Kier alpha value is -1.40. The molecule has 2 rings (SSSR count). The summed E-state index contributed by atoms with van der Waals surface area (Å²) in [6, 6.07) is 3.62. The standard InChI is InChI=1S/C18H29N3O2S/c1-14-11-15(2)13-21(12-14)9-4-7-19-17(22)6-8-20-18(23)16-5-3-10-24-16/h3,5,10,14-15H,4,6-9,11-13H2,1-2H3,(H,19,22)(H,20,23). The molecule has 1 aliphatic rings. The van der Waals surface area contributed by atoms with Gasteiger partial charge in [0.25, 0.3) is 5.91 Å². The number of rotatable bonds is 8. The number of amides is 2. The maximum absolute atomic E-state index is 11.8. The van der Waals surface area contributed by atoms with E-state index in [1.807, 2.05) is 11.4 Å². The van der Waals surface area contributed by atoms with Gasteiger partial charge in [0, 0.05) is 32.6 Å². The molecule has 0 aromatic carbocycles. The summed E-state index contributed by atoms with van der Waals surface area (Å²) in [5.41, 5.74) is 0. The lowest BCUT2D eigenvalue weighted by Gasteiger charge is -2.34. The third-order valence-corrected chi connectivity index (χ3v) is 5.17. The maximum atomic E-state index is 11.8. The molecular formula is C18H29N3O2S. The van der Waals surface area contributed by atoms with Crippen LogP contribution in [0, 0.1) is 11.8 Å². The van der Waals surface area contributed by atoms with E-state index in [1.165, 1.54) is 30.8 Å². The van der Waals surface area contributed by atoms with Crippen molar-refractivity contribution in [1.82, 2.24) is 15.5 Å². The van der Waals surface area contributed by atoms with Gasteiger partial charge in [-0.1, -0.05) is 19.9 Å². The highest BCUT2D eigenvalue weighted by Gasteiger charge is 2.21. The van der Waals surface area contributed by atoms with Crippen molar-refractivity contribution >= 4 is 23.2 Å². The van der Waals surface area contributed by atoms with E-state index >= 15 is 0 Å². The van der Waals surface area contributed by atoms with Crippen molar-refractivity contribution < 1.29 is 9.59 Å². The summed E-state index contributed by atoms with van der Waals surface area (Å²) in [5, 5.41) is 7.58. The topological polar surface area (TPSA) is 61.4 Å². The van der Waals surface area contributed by atoms with E-state index in [9.17, 15) is 9.59 Å². The van der Waals surface area contributed by atoms with Gasteiger partial charge in [-0.3, -0.25) is 9.59 Å². The first-order chi connectivity index (χ1) is 11.5. The number of nitrogens with zero attached hydrogens (tertiary/aromatic N) is 1. The smallest absolute Gasteiger partial charge is 0.261 e. The van der Waals surface area contributed by atoms with Gasteiger partial charge < -0.3 is 15.5 Å². The highest BCUT2D eigenvalue weighted by atomic mass is 32.1. The number of nitrogens with one attached hydrogen (secondary N) is 2. The molecule has 2 N–H and O–H groups in total. The van der Waals surface area contributed by atoms with Crippen molar-refractivity contribution in [2.75, 3.05) is 32.7 Å². The minimum Gasteiger partial charge on any atom is -0.356 e. The van der Waals surface area contributed by atoms with Gasteiger partial charge in [0.05, 0.1) is 4.88 Å². The fraction of sp³-hybridized carbons (Fsp3) is 0.667. The van der Waals surface area contributed by atoms with Crippen LogP contribution in [0.25, 0.3) is 0 Å². The number of carbonyl (C=O) groups is 2. The van der Waals surface area contributed by atoms with Crippen molar-refractivity contribution in [2.24, 2.45) is 11.8 Å². The number of likely N-dealkylation sites (tertiary alicyclic amines) is 1. The van der Waals surface area contributed by atoms with E-state index in [4.69, 9.17) is 0 Å². The fourth-order valence-corrected chi connectivity index (χ4v) is 4.02. The van der Waals surface area contributed by atoms with Gasteiger partial charge in [-0.15, -0.1) is 11.3 Å². The molecule has 6 heteroatoms. The summed E-state index contributed by atoms with van der Waals surface area (Å²) in [7, 11) is 0. The predicted octanol–water partition coefficient (Wildman–Crippen LogP) is 2.35. The van der Waals surface area contributed by atoms with Crippen molar-refractivity contribution in [3.8, 4) is 0 Å². The van der Waals surface area contributed by atoms with Crippen LogP contribution < -0.4 is 10.6 Å². The number of carbonyl (C=O) groups excluding carboxylic acids is 2. The normalized spacial score (nSPS) is 21.4. The van der Waals surface area contributed by atoms with E-state index in [2.05, 4.69) is 29.4 Å². The van der Waals surface area contributed by atoms with E-state index in [1.54, 1.807) is 6.07 Å². The molecule has 134 valence electrons. The van der Waals surface area contributed by atoms with Crippen LogP contribution in [0.3, 0.4) is 0 Å². The molecule has 2 atom stereocenters. The van der Waals surface area contributed by atoms with Gasteiger partial charge in [-0.2, -0.15) is 0 Å². The van der Waals surface area contributed by atoms with Crippen molar-refractivity contribution in [3.63, 3.8) is 0 Å². The van der Waals surface area contributed by atoms with Crippen LogP contribution in [0.4, 0.5) is 0 Å². The summed E-state index contributed by atoms with van der Waals surface area (Å²) in [5.74, 6) is 1.44. The lowest BCUT2D eigenvalue weighted by atomic mass is 9.92. The molecule has 5 nitrogen and oxygen atoms in total. The summed E-state index contributed by atoms with van der Waals surface area (Å²) >= 11 is 1.40. The zero-order chi connectivity index (χ0) is 17.4. The van der Waals surface area contributed by atoms with Gasteiger partial charge in [0.15, 0.2) is 0 Å². The Kier molecular flexibility index (Phi) is 7.72. The highest BCUT2D eigenvalue weighted by molar-refractivity contribution is 7.12. The predicted molar refractivity (Wildman–Crippen MR) is 98.3 cm³/mol. The molecule has 1 fully saturated rings. The van der Waals surface area contributed by atoms with Gasteiger partial charge in [-0.05, 0) is 42.7 Å². The average molecular weight is 352 g/mol. The van der Waals surface area contributed by atoms with Crippen LogP contribution in [-0.2, 0) is 4.79 Å². The monoisotopic (exact) mass is 351 g/mol. The Morgan fingerprint density at radius 1 is 1.21 bits per heavy atom. The number of piperidine rings is 1. The Morgan fingerprint density at radius 2 is 1.96 bits per heavy atom. The Bertz CT molecular complexity index is 508. The second-order valence-electron chi connectivity index (χ2n) is 6.89. The van der Waals surface area contributed by atoms with Crippen LogP contribution in [0.5, 0.6) is 0 Å². The molecule has 0 aliphatic carbocycles. The molecule has 2 heterocycles. The summed E-state index contributed by atoms with van der Waals surface area (Å²) in [6.07, 6.45) is 2.63. The molecule has 24 heavy (non-hydrogen) atoms. The Morgan fingerprint density at radius 3 is 2.62 bits per heavy atom. The zero-order valence-corrected chi connectivity index (χ0v) is 15.5. The minimum atomic E-state index is -0.105. The minimum absolute atomic E-state index is 0.00172. The molecule has 2 amide bonds. The van der Waals surface area contributed by atoms with E-state index in [0.717, 1.165) is 24.8 Å². The third kappa shape index (κ3) is 6.61. The number of thiophene rings is 1. The first kappa shape index (κ1) is 18.9. The summed E-state index contributed by atoms with van der Waals surface area (Å²) < 4.78 is 0. The van der Waals surface area contributed by atoms with Gasteiger partial charge in [0.1, 0.15) is 0 Å². The quantitative estimate of drug-likeness (QED) is 0.707. The second-order valence-corrected chi connectivity index (χ2v) is 7.84.